The fourth-order valence-corrected chi connectivity index (χ4v) is 8.50. The monoisotopic (exact) mass is 697 g/mol. The van der Waals surface area contributed by atoms with Crippen molar-refractivity contribution >= 4 is 17.7 Å². The highest BCUT2D eigenvalue weighted by molar-refractivity contribution is 5.90. The summed E-state index contributed by atoms with van der Waals surface area (Å²) in [6.45, 7) is 0.837. The molecule has 0 aliphatic heterocycles. The summed E-state index contributed by atoms with van der Waals surface area (Å²) < 4.78 is 0. The Labute approximate surface area is 305 Å². The highest BCUT2D eigenvalue weighted by atomic mass is 16.3. The van der Waals surface area contributed by atoms with E-state index in [0.717, 1.165) is 34.2 Å². The summed E-state index contributed by atoms with van der Waals surface area (Å²) in [7, 11) is 0. The summed E-state index contributed by atoms with van der Waals surface area (Å²) in [4.78, 5) is 44.1. The fourth-order valence-electron chi connectivity index (χ4n) is 8.50. The number of hydrogen-bond donors (Lipinski definition) is 4. The molecule has 0 spiro atoms. The van der Waals surface area contributed by atoms with Crippen molar-refractivity contribution in [3.05, 3.63) is 155 Å². The lowest BCUT2D eigenvalue weighted by Gasteiger charge is -2.32. The van der Waals surface area contributed by atoms with E-state index in [9.17, 15) is 24.6 Å². The van der Waals surface area contributed by atoms with Gasteiger partial charge in [0.05, 0.1) is 30.1 Å². The SMILES string of the molecule is O=C(N[C@H]1c2ccccc2C[C@H]1O)[C@H](Cc1ccccc1)C[C@H](O)CNC(=O)[C@H]1[C@H](C(=O)N(Cc2ccccc2)Cc2ccccc2)[C@@H]2C=C[C@H]1C2. The van der Waals surface area contributed by atoms with Gasteiger partial charge in [-0.15, -0.1) is 0 Å². The number of nitrogens with zero attached hydrogens (tertiary/aromatic N) is 1. The Kier molecular flexibility index (Phi) is 10.9. The second-order valence-corrected chi connectivity index (χ2v) is 14.6. The minimum absolute atomic E-state index is 0.0257. The van der Waals surface area contributed by atoms with Gasteiger partial charge < -0.3 is 25.7 Å². The van der Waals surface area contributed by atoms with E-state index in [1.54, 1.807) is 0 Å². The number of allylic oxidation sites excluding steroid dienone is 2. The molecular weight excluding hydrogens is 650 g/mol. The molecule has 7 rings (SSSR count). The molecule has 0 unspecified atom stereocenters. The quantitative estimate of drug-likeness (QED) is 0.136. The molecule has 4 aromatic rings. The molecule has 0 heterocycles. The summed E-state index contributed by atoms with van der Waals surface area (Å²) in [6, 6.07) is 36.7. The van der Waals surface area contributed by atoms with Crippen LogP contribution in [0.25, 0.3) is 0 Å². The molecule has 3 aliphatic rings. The van der Waals surface area contributed by atoms with Gasteiger partial charge in [0.15, 0.2) is 0 Å². The number of amides is 3. The fraction of sp³-hybridized carbons (Fsp3) is 0.341. The summed E-state index contributed by atoms with van der Waals surface area (Å²) >= 11 is 0. The van der Waals surface area contributed by atoms with Crippen LogP contribution in [0, 0.1) is 29.6 Å². The van der Waals surface area contributed by atoms with E-state index >= 15 is 0 Å². The summed E-state index contributed by atoms with van der Waals surface area (Å²) in [5.41, 5.74) is 4.92. The molecule has 3 aliphatic carbocycles. The largest absolute Gasteiger partial charge is 0.391 e. The number of rotatable bonds is 14. The zero-order valence-corrected chi connectivity index (χ0v) is 29.3. The van der Waals surface area contributed by atoms with Crippen LogP contribution in [-0.2, 0) is 40.3 Å². The van der Waals surface area contributed by atoms with E-state index in [0.29, 0.717) is 25.9 Å². The Balaban J connectivity index is 1.03. The zero-order chi connectivity index (χ0) is 36.0. The Morgan fingerprint density at radius 2 is 1.29 bits per heavy atom. The van der Waals surface area contributed by atoms with Gasteiger partial charge in [-0.3, -0.25) is 14.4 Å². The molecule has 0 saturated heterocycles. The molecule has 1 fully saturated rings. The molecule has 3 amide bonds. The zero-order valence-electron chi connectivity index (χ0n) is 29.3. The molecule has 0 aromatic heterocycles. The number of aliphatic hydroxyl groups excluding tert-OH is 2. The molecule has 0 radical (unpaired) electrons. The van der Waals surface area contributed by atoms with E-state index in [-0.39, 0.29) is 42.5 Å². The molecule has 8 atom stereocenters. The average molecular weight is 698 g/mol. The third-order valence-corrected chi connectivity index (χ3v) is 11.1. The van der Waals surface area contributed by atoms with Crippen molar-refractivity contribution in [1.82, 2.24) is 15.5 Å². The first kappa shape index (κ1) is 35.4. The topological polar surface area (TPSA) is 119 Å². The molecule has 4 aromatic carbocycles. The normalized spacial score (nSPS) is 23.8. The maximum atomic E-state index is 14.4. The van der Waals surface area contributed by atoms with E-state index in [4.69, 9.17) is 0 Å². The van der Waals surface area contributed by atoms with Gasteiger partial charge in [0.1, 0.15) is 0 Å². The van der Waals surface area contributed by atoms with Gasteiger partial charge in [-0.25, -0.2) is 0 Å². The molecule has 52 heavy (non-hydrogen) atoms. The van der Waals surface area contributed by atoms with Crippen LogP contribution in [0.4, 0.5) is 0 Å². The van der Waals surface area contributed by atoms with Crippen LogP contribution in [0.1, 0.15) is 46.7 Å². The smallest absolute Gasteiger partial charge is 0.227 e. The van der Waals surface area contributed by atoms with Crippen LogP contribution in [0.3, 0.4) is 0 Å². The minimum atomic E-state index is -1.000. The summed E-state index contributed by atoms with van der Waals surface area (Å²) in [5, 5.41) is 28.1. The van der Waals surface area contributed by atoms with E-state index in [2.05, 4.69) is 22.8 Å². The molecule has 1 saturated carbocycles. The van der Waals surface area contributed by atoms with Gasteiger partial charge >= 0.3 is 0 Å². The van der Waals surface area contributed by atoms with Crippen LogP contribution in [0.15, 0.2) is 127 Å². The van der Waals surface area contributed by atoms with Crippen molar-refractivity contribution in [3.63, 3.8) is 0 Å². The second kappa shape index (κ2) is 16.1. The van der Waals surface area contributed by atoms with E-state index in [1.165, 1.54) is 0 Å². The Hall–Kier alpha value is -5.05. The molecule has 8 nitrogen and oxygen atoms in total. The number of fused-ring (bicyclic) bond motifs is 3. The van der Waals surface area contributed by atoms with Gasteiger partial charge in [0.25, 0.3) is 0 Å². The summed E-state index contributed by atoms with van der Waals surface area (Å²) in [5.74, 6) is -2.27. The first-order valence-corrected chi connectivity index (χ1v) is 18.4. The molecule has 268 valence electrons. The van der Waals surface area contributed by atoms with Gasteiger partial charge in [-0.05, 0) is 58.9 Å². The summed E-state index contributed by atoms with van der Waals surface area (Å²) in [6.07, 6.45) is 4.14. The standard InChI is InChI=1S/C44H47N3O5/c48-36(24-35(22-29-12-4-1-5-13-29)42(50)46-41-37-19-11-10-18-32(37)25-38(41)49)26-45-43(51)39-33-20-21-34(23-33)40(39)44(52)47(27-30-14-6-2-7-15-30)28-31-16-8-3-9-17-31/h1-21,33-36,38-41,48-49H,22-28H2,(H,45,51)(H,46,50)/t33-,34+,35+,36-,38+,39+,40+,41-/m0/s1. The molecule has 2 bridgehead atoms. The highest BCUT2D eigenvalue weighted by Crippen LogP contribution is 2.49. The highest BCUT2D eigenvalue weighted by Gasteiger charge is 2.52. The Morgan fingerprint density at radius 1 is 0.731 bits per heavy atom. The number of benzene rings is 4. The predicted molar refractivity (Wildman–Crippen MR) is 199 cm³/mol. The van der Waals surface area contributed by atoms with Gasteiger partial charge in [-0.2, -0.15) is 0 Å². The Morgan fingerprint density at radius 3 is 1.92 bits per heavy atom. The molecular formula is C44H47N3O5. The van der Waals surface area contributed by atoms with Crippen LogP contribution in [-0.4, -0.2) is 51.6 Å². The first-order valence-electron chi connectivity index (χ1n) is 18.4. The average Bonchev–Trinajstić information content (AvgIpc) is 3.88. The van der Waals surface area contributed by atoms with Crippen molar-refractivity contribution in [3.8, 4) is 0 Å². The molecule has 8 heteroatoms. The second-order valence-electron chi connectivity index (χ2n) is 14.6. The van der Waals surface area contributed by atoms with Crippen LogP contribution in [0.2, 0.25) is 0 Å². The number of carbonyl (C=O) groups is 3. The van der Waals surface area contributed by atoms with Gasteiger partial charge in [0, 0.05) is 32.0 Å². The lowest BCUT2D eigenvalue weighted by molar-refractivity contribution is -0.143. The number of nitrogens with one attached hydrogen (secondary N) is 2. The maximum absolute atomic E-state index is 14.4. The third-order valence-electron chi connectivity index (χ3n) is 11.1. The van der Waals surface area contributed by atoms with Crippen molar-refractivity contribution in [2.45, 2.75) is 57.0 Å². The van der Waals surface area contributed by atoms with Gasteiger partial charge in [-0.1, -0.05) is 127 Å². The number of hydrogen-bond acceptors (Lipinski definition) is 5. The van der Waals surface area contributed by atoms with Gasteiger partial charge in [0.2, 0.25) is 17.7 Å². The van der Waals surface area contributed by atoms with Crippen LogP contribution >= 0.6 is 0 Å². The van der Waals surface area contributed by atoms with Crippen molar-refractivity contribution < 1.29 is 24.6 Å². The third kappa shape index (κ3) is 8.04. The lowest BCUT2D eigenvalue weighted by atomic mass is 9.81. The van der Waals surface area contributed by atoms with E-state index in [1.807, 2.05) is 120 Å². The van der Waals surface area contributed by atoms with Crippen molar-refractivity contribution in [2.24, 2.45) is 29.6 Å². The number of carbonyl (C=O) groups excluding carboxylic acids is 3. The number of aliphatic hydroxyl groups is 2. The van der Waals surface area contributed by atoms with Crippen molar-refractivity contribution in [2.75, 3.05) is 6.54 Å². The van der Waals surface area contributed by atoms with Crippen LogP contribution in [0.5, 0.6) is 0 Å². The van der Waals surface area contributed by atoms with Crippen molar-refractivity contribution in [1.29, 1.82) is 0 Å². The predicted octanol–water partition coefficient (Wildman–Crippen LogP) is 5.15. The lowest BCUT2D eigenvalue weighted by Crippen LogP contribution is -2.47. The minimum Gasteiger partial charge on any atom is -0.391 e. The molecule has 4 N–H and O–H groups in total. The Bertz CT molecular complexity index is 1830. The van der Waals surface area contributed by atoms with Crippen LogP contribution < -0.4 is 10.6 Å². The van der Waals surface area contributed by atoms with E-state index < -0.39 is 36.0 Å². The maximum Gasteiger partial charge on any atom is 0.227 e. The first-order chi connectivity index (χ1) is 25.3.